The minimum atomic E-state index is -0.989. The average Bonchev–Trinajstić information content (AvgIpc) is 2.31. The molecule has 5 nitrogen and oxygen atoms in total. The number of hydrogen-bond acceptors (Lipinski definition) is 3. The average molecular weight is 370 g/mol. The minimum Gasteiger partial charge on any atom is -1.00 e. The van der Waals surface area contributed by atoms with Crippen molar-refractivity contribution in [3.63, 3.8) is 0 Å². The Morgan fingerprint density at radius 2 is 1.72 bits per heavy atom. The van der Waals surface area contributed by atoms with Gasteiger partial charge in [0, 0.05) is 6.54 Å². The van der Waals surface area contributed by atoms with Crippen molar-refractivity contribution in [2.24, 2.45) is 0 Å². The Kier molecular flexibility index (Phi) is 6.06. The van der Waals surface area contributed by atoms with Crippen LogP contribution in [0.5, 0.6) is 0 Å². The van der Waals surface area contributed by atoms with Crippen molar-refractivity contribution < 1.29 is 42.8 Å². The molecule has 1 heterocycles. The summed E-state index contributed by atoms with van der Waals surface area (Å²) in [5.74, 6) is -0.229. The molecule has 2 amide bonds. The van der Waals surface area contributed by atoms with Crippen LogP contribution < -0.4 is 24.0 Å². The van der Waals surface area contributed by atoms with Crippen LogP contribution in [-0.2, 0) is 9.53 Å². The predicted molar refractivity (Wildman–Crippen MR) is 64.4 cm³/mol. The zero-order valence-corrected chi connectivity index (χ0v) is 14.0. The molecule has 0 aromatic carbocycles. The second-order valence-electron chi connectivity index (χ2n) is 6.06. The molecule has 18 heavy (non-hydrogen) atoms. The van der Waals surface area contributed by atoms with Gasteiger partial charge in [-0.25, -0.2) is 9.69 Å². The fourth-order valence-corrected chi connectivity index (χ4v) is 1.77. The van der Waals surface area contributed by atoms with E-state index in [1.54, 1.807) is 13.8 Å². The SMILES string of the molecule is CC1(C)OC(=O)N(CCCC[N+](C)(C)C)C1=O.[I-]. The van der Waals surface area contributed by atoms with Crippen molar-refractivity contribution in [3.05, 3.63) is 0 Å². The first-order chi connectivity index (χ1) is 7.63. The lowest BCUT2D eigenvalue weighted by molar-refractivity contribution is -0.870. The van der Waals surface area contributed by atoms with Crippen LogP contribution in [0.15, 0.2) is 0 Å². The quantitative estimate of drug-likeness (QED) is 0.327. The number of ether oxygens (including phenoxy) is 1. The van der Waals surface area contributed by atoms with Gasteiger partial charge in [-0.15, -0.1) is 0 Å². The van der Waals surface area contributed by atoms with Crippen molar-refractivity contribution in [1.82, 2.24) is 4.90 Å². The van der Waals surface area contributed by atoms with Gasteiger partial charge in [-0.3, -0.25) is 4.79 Å². The van der Waals surface area contributed by atoms with Crippen molar-refractivity contribution >= 4 is 12.0 Å². The van der Waals surface area contributed by atoms with E-state index in [9.17, 15) is 9.59 Å². The largest absolute Gasteiger partial charge is 1.00 e. The van der Waals surface area contributed by atoms with Gasteiger partial charge in [-0.05, 0) is 26.7 Å². The van der Waals surface area contributed by atoms with Gasteiger partial charge >= 0.3 is 6.09 Å². The number of quaternary nitrogens is 1. The number of halogens is 1. The van der Waals surface area contributed by atoms with Gasteiger partial charge in [0.15, 0.2) is 5.60 Å². The zero-order valence-electron chi connectivity index (χ0n) is 11.8. The molecule has 1 aliphatic heterocycles. The Morgan fingerprint density at radius 1 is 1.17 bits per heavy atom. The second kappa shape index (κ2) is 6.18. The summed E-state index contributed by atoms with van der Waals surface area (Å²) in [4.78, 5) is 24.5. The Morgan fingerprint density at radius 3 is 2.11 bits per heavy atom. The highest BCUT2D eigenvalue weighted by Crippen LogP contribution is 2.23. The fourth-order valence-electron chi connectivity index (χ4n) is 1.77. The van der Waals surface area contributed by atoms with Gasteiger partial charge in [0.2, 0.25) is 0 Å². The standard InChI is InChI=1S/C12H23N2O3.HI/c1-12(2)10(15)13(11(16)17-12)8-6-7-9-14(3,4)5;/h6-9H2,1-5H3;1H/q+1;/p-1. The maximum Gasteiger partial charge on any atom is 0.417 e. The first-order valence-corrected chi connectivity index (χ1v) is 5.99. The summed E-state index contributed by atoms with van der Waals surface area (Å²) in [7, 11) is 6.37. The van der Waals surface area contributed by atoms with E-state index in [0.717, 1.165) is 23.9 Å². The molecule has 1 aliphatic rings. The van der Waals surface area contributed by atoms with Gasteiger partial charge in [-0.1, -0.05) is 0 Å². The van der Waals surface area contributed by atoms with Crippen LogP contribution in [0.3, 0.4) is 0 Å². The molecule has 0 aromatic rings. The van der Waals surface area contributed by atoms with Crippen LogP contribution in [0.4, 0.5) is 4.79 Å². The molecule has 1 fully saturated rings. The molecule has 0 bridgehead atoms. The highest BCUT2D eigenvalue weighted by Gasteiger charge is 2.46. The van der Waals surface area contributed by atoms with E-state index >= 15 is 0 Å². The van der Waals surface area contributed by atoms with E-state index in [2.05, 4.69) is 21.1 Å². The Labute approximate surface area is 126 Å². The van der Waals surface area contributed by atoms with E-state index in [1.165, 1.54) is 4.90 Å². The van der Waals surface area contributed by atoms with Crippen molar-refractivity contribution in [2.45, 2.75) is 32.3 Å². The second-order valence-corrected chi connectivity index (χ2v) is 6.06. The molecule has 0 saturated carbocycles. The third kappa shape index (κ3) is 4.72. The van der Waals surface area contributed by atoms with Gasteiger partial charge in [-0.2, -0.15) is 0 Å². The topological polar surface area (TPSA) is 46.6 Å². The third-order valence-electron chi connectivity index (χ3n) is 2.78. The molecule has 0 atom stereocenters. The van der Waals surface area contributed by atoms with Crippen molar-refractivity contribution in [1.29, 1.82) is 0 Å². The molecule has 0 aliphatic carbocycles. The van der Waals surface area contributed by atoms with Gasteiger partial charge in [0.25, 0.3) is 5.91 Å². The molecular formula is C12H23IN2O3. The molecule has 106 valence electrons. The molecular weight excluding hydrogens is 347 g/mol. The number of rotatable bonds is 5. The molecule has 0 unspecified atom stereocenters. The smallest absolute Gasteiger partial charge is 0.417 e. The fraction of sp³-hybridized carbons (Fsp3) is 0.833. The third-order valence-corrected chi connectivity index (χ3v) is 2.78. The Balaban J connectivity index is 0.00000289. The molecule has 0 spiro atoms. The Hall–Kier alpha value is -0.370. The van der Waals surface area contributed by atoms with Crippen LogP contribution in [0.1, 0.15) is 26.7 Å². The van der Waals surface area contributed by atoms with E-state index in [0.29, 0.717) is 6.54 Å². The maximum absolute atomic E-state index is 11.8. The number of carbonyl (C=O) groups is 2. The summed E-state index contributed by atoms with van der Waals surface area (Å²) < 4.78 is 5.90. The summed E-state index contributed by atoms with van der Waals surface area (Å²) in [5.41, 5.74) is -0.989. The van der Waals surface area contributed by atoms with E-state index in [-0.39, 0.29) is 29.9 Å². The summed E-state index contributed by atoms with van der Waals surface area (Å²) in [6, 6.07) is 0. The number of carbonyl (C=O) groups excluding carboxylic acids is 2. The lowest BCUT2D eigenvalue weighted by atomic mass is 10.1. The summed E-state index contributed by atoms with van der Waals surface area (Å²) in [5, 5.41) is 0. The summed E-state index contributed by atoms with van der Waals surface area (Å²) in [6.45, 7) is 4.74. The number of nitrogens with zero attached hydrogens (tertiary/aromatic N) is 2. The first-order valence-electron chi connectivity index (χ1n) is 5.99. The molecule has 1 rings (SSSR count). The number of amides is 2. The van der Waals surface area contributed by atoms with Crippen molar-refractivity contribution in [2.75, 3.05) is 34.2 Å². The van der Waals surface area contributed by atoms with E-state index in [4.69, 9.17) is 4.74 Å². The van der Waals surface area contributed by atoms with Crippen molar-refractivity contribution in [3.8, 4) is 0 Å². The molecule has 0 radical (unpaired) electrons. The highest BCUT2D eigenvalue weighted by atomic mass is 127. The van der Waals surface area contributed by atoms with Crippen LogP contribution in [0.25, 0.3) is 0 Å². The molecule has 0 aromatic heterocycles. The minimum absolute atomic E-state index is 0. The van der Waals surface area contributed by atoms with Gasteiger partial charge < -0.3 is 33.2 Å². The Bertz CT molecular complexity index is 324. The van der Waals surface area contributed by atoms with Crippen LogP contribution >= 0.6 is 0 Å². The number of cyclic esters (lactones) is 1. The predicted octanol–water partition coefficient (Wildman–Crippen LogP) is -1.77. The van der Waals surface area contributed by atoms with E-state index < -0.39 is 11.7 Å². The number of unbranched alkanes of at least 4 members (excludes halogenated alkanes) is 1. The summed E-state index contributed by atoms with van der Waals surface area (Å²) >= 11 is 0. The maximum atomic E-state index is 11.8. The number of hydrogen-bond donors (Lipinski definition) is 0. The highest BCUT2D eigenvalue weighted by molar-refractivity contribution is 6.02. The lowest BCUT2D eigenvalue weighted by Crippen LogP contribution is -3.00. The summed E-state index contributed by atoms with van der Waals surface area (Å²) in [6.07, 6.45) is 1.30. The van der Waals surface area contributed by atoms with Gasteiger partial charge in [0.1, 0.15) is 0 Å². The zero-order chi connectivity index (χ0) is 13.3. The van der Waals surface area contributed by atoms with Gasteiger partial charge in [0.05, 0.1) is 27.7 Å². The van der Waals surface area contributed by atoms with Crippen LogP contribution in [-0.4, -0.2) is 61.2 Å². The lowest BCUT2D eigenvalue weighted by Gasteiger charge is -2.24. The first kappa shape index (κ1) is 17.6. The normalized spacial score (nSPS) is 18.6. The molecule has 0 N–H and O–H groups in total. The van der Waals surface area contributed by atoms with Crippen LogP contribution in [0, 0.1) is 0 Å². The van der Waals surface area contributed by atoms with E-state index in [1.807, 2.05) is 0 Å². The monoisotopic (exact) mass is 370 g/mol. The molecule has 6 heteroatoms. The van der Waals surface area contributed by atoms with Crippen LogP contribution in [0.2, 0.25) is 0 Å². The molecule has 1 saturated heterocycles. The number of imide groups is 1.